The van der Waals surface area contributed by atoms with Crippen LogP contribution in [0, 0.1) is 0 Å². The van der Waals surface area contributed by atoms with Gasteiger partial charge in [0.2, 0.25) is 5.91 Å². The fourth-order valence-electron chi connectivity index (χ4n) is 2.88. The van der Waals surface area contributed by atoms with Crippen molar-refractivity contribution in [2.24, 2.45) is 0 Å². The van der Waals surface area contributed by atoms with E-state index in [2.05, 4.69) is 56.9 Å². The predicted octanol–water partition coefficient (Wildman–Crippen LogP) is 3.69. The maximum atomic E-state index is 11.5. The fraction of sp³-hybridized carbons (Fsp3) is 0.550. The van der Waals surface area contributed by atoms with Crippen LogP contribution in [0.25, 0.3) is 0 Å². The van der Waals surface area contributed by atoms with Gasteiger partial charge in [-0.15, -0.1) is 0 Å². The number of carbonyl (C=O) groups excluding carboxylic acids is 1. The third-order valence-electron chi connectivity index (χ3n) is 4.77. The normalized spacial score (nSPS) is 11.3. The van der Waals surface area contributed by atoms with E-state index in [1.54, 1.807) is 6.92 Å². The largest absolute Gasteiger partial charge is 0.352 e. The molecule has 1 aromatic rings. The lowest BCUT2D eigenvalue weighted by atomic mass is 10.1. The molecule has 1 amide bonds. The molecule has 0 saturated heterocycles. The lowest BCUT2D eigenvalue weighted by molar-refractivity contribution is -0.937. The molecule has 0 aromatic heterocycles. The van der Waals surface area contributed by atoms with Crippen molar-refractivity contribution in [1.29, 1.82) is 0 Å². The highest BCUT2D eigenvalue weighted by molar-refractivity contribution is 5.91. The first kappa shape index (κ1) is 19.4. The third-order valence-corrected chi connectivity index (χ3v) is 4.77. The van der Waals surface area contributed by atoms with Gasteiger partial charge in [0.05, 0.1) is 19.6 Å². The van der Waals surface area contributed by atoms with E-state index in [1.807, 2.05) is 0 Å². The molecule has 3 nitrogen and oxygen atoms in total. The molecule has 0 fully saturated rings. The molecule has 0 aliphatic rings. The highest BCUT2D eigenvalue weighted by atomic mass is 16.1. The van der Waals surface area contributed by atoms with Crippen molar-refractivity contribution in [3.8, 4) is 0 Å². The van der Waals surface area contributed by atoms with E-state index >= 15 is 0 Å². The molecule has 0 aliphatic carbocycles. The summed E-state index contributed by atoms with van der Waals surface area (Å²) in [6.07, 6.45) is 2.08. The molecule has 0 atom stereocenters. The van der Waals surface area contributed by atoms with Gasteiger partial charge in [0.1, 0.15) is 6.54 Å². The summed E-state index contributed by atoms with van der Waals surface area (Å²) in [6, 6.07) is 9.00. The van der Waals surface area contributed by atoms with Gasteiger partial charge in [-0.2, -0.15) is 0 Å². The molecule has 0 saturated carbocycles. The Morgan fingerprint density at radius 3 is 2.13 bits per heavy atom. The molecule has 1 aromatic carbocycles. The first-order valence-electron chi connectivity index (χ1n) is 8.83. The number of rotatable bonds is 10. The smallest absolute Gasteiger partial charge is 0.246 e. The summed E-state index contributed by atoms with van der Waals surface area (Å²) in [6.45, 7) is 17.2. The second-order valence-corrected chi connectivity index (χ2v) is 6.42. The zero-order valence-electron chi connectivity index (χ0n) is 15.3. The highest BCUT2D eigenvalue weighted by Gasteiger charge is 2.23. The first-order chi connectivity index (χ1) is 11.0. The lowest BCUT2D eigenvalue weighted by Gasteiger charge is -2.37. The molecule has 128 valence electrons. The molecule has 0 aliphatic heterocycles. The topological polar surface area (TPSA) is 29.1 Å². The van der Waals surface area contributed by atoms with Gasteiger partial charge in [-0.05, 0) is 32.8 Å². The molecule has 0 radical (unpaired) electrons. The van der Waals surface area contributed by atoms with Crippen molar-refractivity contribution in [2.75, 3.05) is 26.2 Å². The summed E-state index contributed by atoms with van der Waals surface area (Å²) in [7, 11) is 0. The summed E-state index contributed by atoms with van der Waals surface area (Å²) in [5.74, 6) is -0.0359. The van der Waals surface area contributed by atoms with Gasteiger partial charge in [-0.3, -0.25) is 4.79 Å². The van der Waals surface area contributed by atoms with Crippen molar-refractivity contribution in [3.05, 3.63) is 47.5 Å². The van der Waals surface area contributed by atoms with Crippen molar-refractivity contribution >= 4 is 5.91 Å². The van der Waals surface area contributed by atoms with E-state index in [-0.39, 0.29) is 5.91 Å². The van der Waals surface area contributed by atoms with Crippen LogP contribution in [0.4, 0.5) is 0 Å². The van der Waals surface area contributed by atoms with Crippen molar-refractivity contribution in [1.82, 2.24) is 5.32 Å². The van der Waals surface area contributed by atoms with Crippen LogP contribution < -0.4 is 5.32 Å². The number of aryl methyl sites for hydroxylation is 1. The average Bonchev–Trinajstić information content (AvgIpc) is 2.58. The Kier molecular flexibility index (Phi) is 8.04. The summed E-state index contributed by atoms with van der Waals surface area (Å²) >= 11 is 0. The Labute approximate surface area is 142 Å². The van der Waals surface area contributed by atoms with Gasteiger partial charge in [-0.25, -0.2) is 0 Å². The average molecular weight is 317 g/mol. The Morgan fingerprint density at radius 2 is 1.65 bits per heavy atom. The Balaban J connectivity index is 2.59. The third kappa shape index (κ3) is 6.19. The molecule has 0 spiro atoms. The van der Waals surface area contributed by atoms with Crippen LogP contribution in [0.3, 0.4) is 0 Å². The van der Waals surface area contributed by atoms with Crippen LogP contribution in [0.15, 0.2) is 36.4 Å². The molecule has 0 bridgehead atoms. The maximum absolute atomic E-state index is 11.5. The van der Waals surface area contributed by atoms with Gasteiger partial charge in [0.15, 0.2) is 0 Å². The van der Waals surface area contributed by atoms with E-state index in [0.717, 1.165) is 50.0 Å². The van der Waals surface area contributed by atoms with Crippen LogP contribution in [-0.4, -0.2) is 36.6 Å². The predicted molar refractivity (Wildman–Crippen MR) is 98.2 cm³/mol. The van der Waals surface area contributed by atoms with Gasteiger partial charge in [0, 0.05) is 24.1 Å². The van der Waals surface area contributed by atoms with Crippen LogP contribution in [0.2, 0.25) is 0 Å². The molecule has 1 rings (SSSR count). The van der Waals surface area contributed by atoms with E-state index in [0.29, 0.717) is 5.57 Å². The number of carbonyl (C=O) groups is 1. The zero-order chi connectivity index (χ0) is 17.3. The van der Waals surface area contributed by atoms with E-state index < -0.39 is 0 Å². The van der Waals surface area contributed by atoms with Crippen LogP contribution in [0.1, 0.15) is 45.2 Å². The van der Waals surface area contributed by atoms with E-state index in [9.17, 15) is 4.79 Å². The summed E-state index contributed by atoms with van der Waals surface area (Å²) in [5, 5.41) is 2.93. The number of hydrogen-bond acceptors (Lipinski definition) is 1. The van der Waals surface area contributed by atoms with Gasteiger partial charge >= 0.3 is 0 Å². The van der Waals surface area contributed by atoms with Gasteiger partial charge in [0.25, 0.3) is 0 Å². The number of hydrogen-bond donors (Lipinski definition) is 1. The first-order valence-corrected chi connectivity index (χ1v) is 8.83. The molecular weight excluding hydrogens is 284 g/mol. The minimum atomic E-state index is -0.0359. The summed E-state index contributed by atoms with van der Waals surface area (Å²) in [4.78, 5) is 11.5. The second kappa shape index (κ2) is 9.51. The Hall–Kier alpha value is -1.61. The number of benzene rings is 1. The van der Waals surface area contributed by atoms with Crippen LogP contribution in [0.5, 0.6) is 0 Å². The van der Waals surface area contributed by atoms with Crippen molar-refractivity contribution < 1.29 is 9.28 Å². The second-order valence-electron chi connectivity index (χ2n) is 6.42. The number of nitrogens with one attached hydrogen (secondary N) is 1. The van der Waals surface area contributed by atoms with Crippen LogP contribution >= 0.6 is 0 Å². The standard InChI is InChI=1S/C20H32N2O/c1-6-18-10-12-19(13-11-18)16-22(7-2,8-3)15-9-14-21-20(23)17(4)5/h10-13H,4,6-9,14-16H2,1-3,5H3/p+1. The van der Waals surface area contributed by atoms with Crippen molar-refractivity contribution in [2.45, 2.75) is 47.1 Å². The zero-order valence-corrected chi connectivity index (χ0v) is 15.3. The molecular formula is C20H33N2O+. The molecule has 0 unspecified atom stereocenters. The molecule has 3 heteroatoms. The Morgan fingerprint density at radius 1 is 1.09 bits per heavy atom. The van der Waals surface area contributed by atoms with Crippen molar-refractivity contribution in [3.63, 3.8) is 0 Å². The number of nitrogens with zero attached hydrogens (tertiary/aromatic N) is 1. The maximum Gasteiger partial charge on any atom is 0.246 e. The summed E-state index contributed by atoms with van der Waals surface area (Å²) < 4.78 is 1.06. The lowest BCUT2D eigenvalue weighted by Crippen LogP contribution is -2.48. The molecule has 0 heterocycles. The quantitative estimate of drug-likeness (QED) is 0.398. The highest BCUT2D eigenvalue weighted by Crippen LogP contribution is 2.16. The fourth-order valence-corrected chi connectivity index (χ4v) is 2.88. The van der Waals surface area contributed by atoms with Crippen LogP contribution in [-0.2, 0) is 17.8 Å². The minimum absolute atomic E-state index is 0.0359. The monoisotopic (exact) mass is 317 g/mol. The number of amides is 1. The summed E-state index contributed by atoms with van der Waals surface area (Å²) in [5.41, 5.74) is 3.37. The molecule has 1 N–H and O–H groups in total. The minimum Gasteiger partial charge on any atom is -0.352 e. The number of quaternary nitrogens is 1. The van der Waals surface area contributed by atoms with E-state index in [1.165, 1.54) is 11.1 Å². The van der Waals surface area contributed by atoms with Gasteiger partial charge in [-0.1, -0.05) is 37.8 Å². The Bertz CT molecular complexity index is 501. The van der Waals surface area contributed by atoms with Gasteiger partial charge < -0.3 is 9.80 Å². The SMILES string of the molecule is C=C(C)C(=O)NCCC[N+](CC)(CC)Cc1ccc(CC)cc1. The van der Waals surface area contributed by atoms with E-state index in [4.69, 9.17) is 0 Å². The molecule has 23 heavy (non-hydrogen) atoms.